The van der Waals surface area contributed by atoms with Gasteiger partial charge in [0.2, 0.25) is 5.95 Å². The quantitative estimate of drug-likeness (QED) is 0.688. The maximum atomic E-state index is 5.72. The van der Waals surface area contributed by atoms with Crippen molar-refractivity contribution in [3.05, 3.63) is 35.5 Å². The second kappa shape index (κ2) is 8.96. The molecule has 0 spiro atoms. The molecule has 0 aliphatic carbocycles. The van der Waals surface area contributed by atoms with E-state index in [1.165, 1.54) is 0 Å². The maximum absolute atomic E-state index is 5.72. The fraction of sp³-hybridized carbons (Fsp3) is 0.444. The molecule has 0 amide bonds. The van der Waals surface area contributed by atoms with Crippen LogP contribution in [-0.4, -0.2) is 30.7 Å². The summed E-state index contributed by atoms with van der Waals surface area (Å²) in [7, 11) is 3.32. The number of aromatic nitrogens is 2. The predicted octanol–water partition coefficient (Wildman–Crippen LogP) is 3.07. The van der Waals surface area contributed by atoms with Crippen molar-refractivity contribution in [3.8, 4) is 11.5 Å². The number of hydrogen-bond acceptors (Lipinski definition) is 6. The third kappa shape index (κ3) is 4.75. The second-order valence-corrected chi connectivity index (χ2v) is 5.56. The molecule has 3 N–H and O–H groups in total. The molecule has 0 unspecified atom stereocenters. The van der Waals surface area contributed by atoms with Gasteiger partial charge in [-0.05, 0) is 30.9 Å². The van der Waals surface area contributed by atoms with Gasteiger partial charge in [-0.25, -0.2) is 4.98 Å². The van der Waals surface area contributed by atoms with Crippen LogP contribution in [-0.2, 0) is 12.8 Å². The van der Waals surface area contributed by atoms with Crippen LogP contribution in [0.5, 0.6) is 11.5 Å². The molecule has 0 fully saturated rings. The topological polar surface area (TPSA) is 82.3 Å². The lowest BCUT2D eigenvalue weighted by molar-refractivity contribution is 0.391. The molecule has 0 atom stereocenters. The Kier molecular flexibility index (Phi) is 6.66. The zero-order valence-electron chi connectivity index (χ0n) is 14.6. The molecule has 0 aliphatic heterocycles. The summed E-state index contributed by atoms with van der Waals surface area (Å²) in [6.45, 7) is 3.04. The Morgan fingerprint density at radius 1 is 1.12 bits per heavy atom. The Labute approximate surface area is 143 Å². The molecule has 2 rings (SSSR count). The molecular weight excluding hydrogens is 304 g/mol. The van der Waals surface area contributed by atoms with E-state index in [0.29, 0.717) is 5.95 Å². The van der Waals surface area contributed by atoms with Gasteiger partial charge < -0.3 is 20.5 Å². The van der Waals surface area contributed by atoms with Gasteiger partial charge in [-0.15, -0.1) is 0 Å². The molecule has 0 aliphatic rings. The number of nitrogens with one attached hydrogen (secondary N) is 1. The van der Waals surface area contributed by atoms with Crippen LogP contribution in [0.4, 0.5) is 11.8 Å². The van der Waals surface area contributed by atoms with Gasteiger partial charge in [0.05, 0.1) is 14.2 Å². The van der Waals surface area contributed by atoms with E-state index < -0.39 is 0 Å². The molecule has 1 aromatic carbocycles. The third-order valence-corrected chi connectivity index (χ3v) is 3.86. The standard InChI is InChI=1S/C18H26N4O2/c1-4-5-10-20-17-14(12-21-18(19)22-17)7-6-13-8-9-15(23-2)11-16(13)24-3/h8-9,11-12H,4-7,10H2,1-3H3,(H3,19,20,21,22). The zero-order chi connectivity index (χ0) is 17.4. The minimum absolute atomic E-state index is 0.291. The van der Waals surface area contributed by atoms with Gasteiger partial charge >= 0.3 is 0 Å². The Morgan fingerprint density at radius 3 is 2.62 bits per heavy atom. The fourth-order valence-electron chi connectivity index (χ4n) is 2.47. The van der Waals surface area contributed by atoms with E-state index in [2.05, 4.69) is 22.2 Å². The Balaban J connectivity index is 2.11. The SMILES string of the molecule is CCCCNc1nc(N)ncc1CCc1ccc(OC)cc1OC. The number of nitrogens with zero attached hydrogens (tertiary/aromatic N) is 2. The lowest BCUT2D eigenvalue weighted by atomic mass is 10.0. The van der Waals surface area contributed by atoms with Crippen LogP contribution in [0, 0.1) is 0 Å². The van der Waals surface area contributed by atoms with Crippen molar-refractivity contribution in [2.24, 2.45) is 0 Å². The number of unbranched alkanes of at least 4 members (excludes halogenated alkanes) is 1. The maximum Gasteiger partial charge on any atom is 0.221 e. The van der Waals surface area contributed by atoms with E-state index >= 15 is 0 Å². The Morgan fingerprint density at radius 2 is 1.92 bits per heavy atom. The molecule has 6 heteroatoms. The van der Waals surface area contributed by atoms with Crippen molar-refractivity contribution in [2.45, 2.75) is 32.6 Å². The van der Waals surface area contributed by atoms with Crippen molar-refractivity contribution in [2.75, 3.05) is 31.8 Å². The first-order valence-corrected chi connectivity index (χ1v) is 8.24. The summed E-state index contributed by atoms with van der Waals surface area (Å²) in [4.78, 5) is 8.46. The summed E-state index contributed by atoms with van der Waals surface area (Å²) >= 11 is 0. The highest BCUT2D eigenvalue weighted by molar-refractivity contribution is 5.47. The van der Waals surface area contributed by atoms with Gasteiger partial charge in [0.15, 0.2) is 0 Å². The lowest BCUT2D eigenvalue weighted by Gasteiger charge is -2.13. The average Bonchev–Trinajstić information content (AvgIpc) is 2.61. The number of aryl methyl sites for hydroxylation is 2. The number of anilines is 2. The van der Waals surface area contributed by atoms with E-state index in [4.69, 9.17) is 15.2 Å². The van der Waals surface area contributed by atoms with E-state index in [1.54, 1.807) is 20.4 Å². The highest BCUT2D eigenvalue weighted by atomic mass is 16.5. The number of benzene rings is 1. The average molecular weight is 330 g/mol. The molecule has 24 heavy (non-hydrogen) atoms. The fourth-order valence-corrected chi connectivity index (χ4v) is 2.47. The van der Waals surface area contributed by atoms with Crippen molar-refractivity contribution < 1.29 is 9.47 Å². The molecule has 130 valence electrons. The third-order valence-electron chi connectivity index (χ3n) is 3.86. The number of hydrogen-bond donors (Lipinski definition) is 2. The Hall–Kier alpha value is -2.50. The largest absolute Gasteiger partial charge is 0.497 e. The van der Waals surface area contributed by atoms with Crippen molar-refractivity contribution in [1.82, 2.24) is 9.97 Å². The molecule has 0 radical (unpaired) electrons. The summed E-state index contributed by atoms with van der Waals surface area (Å²) in [6.07, 6.45) is 5.65. The van der Waals surface area contributed by atoms with Crippen molar-refractivity contribution in [1.29, 1.82) is 0 Å². The molecule has 0 saturated heterocycles. The molecule has 6 nitrogen and oxygen atoms in total. The Bertz CT molecular complexity index is 661. The smallest absolute Gasteiger partial charge is 0.221 e. The van der Waals surface area contributed by atoms with Crippen molar-refractivity contribution in [3.63, 3.8) is 0 Å². The summed E-state index contributed by atoms with van der Waals surface area (Å²) < 4.78 is 10.7. The lowest BCUT2D eigenvalue weighted by Crippen LogP contribution is -2.09. The number of rotatable bonds is 9. The van der Waals surface area contributed by atoms with Gasteiger partial charge in [0.1, 0.15) is 17.3 Å². The van der Waals surface area contributed by atoms with Gasteiger partial charge in [-0.1, -0.05) is 19.4 Å². The minimum Gasteiger partial charge on any atom is -0.497 e. The van der Waals surface area contributed by atoms with Crippen LogP contribution in [0.25, 0.3) is 0 Å². The normalized spacial score (nSPS) is 10.5. The molecule has 0 bridgehead atoms. The van der Waals surface area contributed by atoms with Gasteiger partial charge in [0.25, 0.3) is 0 Å². The predicted molar refractivity (Wildman–Crippen MR) is 96.8 cm³/mol. The van der Waals surface area contributed by atoms with Crippen molar-refractivity contribution >= 4 is 11.8 Å². The van der Waals surface area contributed by atoms with Crippen LogP contribution >= 0.6 is 0 Å². The van der Waals surface area contributed by atoms with E-state index in [1.807, 2.05) is 18.2 Å². The number of ether oxygens (including phenoxy) is 2. The van der Waals surface area contributed by atoms with E-state index in [-0.39, 0.29) is 0 Å². The summed E-state index contributed by atoms with van der Waals surface area (Å²) in [5.74, 6) is 2.72. The summed E-state index contributed by atoms with van der Waals surface area (Å²) in [6, 6.07) is 5.87. The van der Waals surface area contributed by atoms with Crippen LogP contribution in [0.3, 0.4) is 0 Å². The van der Waals surface area contributed by atoms with Crippen LogP contribution < -0.4 is 20.5 Å². The van der Waals surface area contributed by atoms with Gasteiger partial charge in [-0.3, -0.25) is 0 Å². The van der Waals surface area contributed by atoms with Crippen LogP contribution in [0.1, 0.15) is 30.9 Å². The molecule has 2 aromatic rings. The second-order valence-electron chi connectivity index (χ2n) is 5.56. The van der Waals surface area contributed by atoms with Crippen LogP contribution in [0.2, 0.25) is 0 Å². The number of nitrogen functional groups attached to an aromatic ring is 1. The van der Waals surface area contributed by atoms with Gasteiger partial charge in [-0.2, -0.15) is 4.98 Å². The zero-order valence-corrected chi connectivity index (χ0v) is 14.6. The molecule has 1 heterocycles. The molecule has 0 saturated carbocycles. The number of nitrogens with two attached hydrogens (primary N) is 1. The first-order chi connectivity index (χ1) is 11.7. The first-order valence-electron chi connectivity index (χ1n) is 8.24. The summed E-state index contributed by atoms with van der Waals surface area (Å²) in [5.41, 5.74) is 7.89. The van der Waals surface area contributed by atoms with E-state index in [9.17, 15) is 0 Å². The highest BCUT2D eigenvalue weighted by Crippen LogP contribution is 2.26. The highest BCUT2D eigenvalue weighted by Gasteiger charge is 2.09. The monoisotopic (exact) mass is 330 g/mol. The first kappa shape index (κ1) is 17.8. The number of methoxy groups -OCH3 is 2. The van der Waals surface area contributed by atoms with E-state index in [0.717, 1.165) is 60.7 Å². The molecular formula is C18H26N4O2. The molecule has 1 aromatic heterocycles. The minimum atomic E-state index is 0.291. The van der Waals surface area contributed by atoms with Gasteiger partial charge in [0, 0.05) is 24.4 Å². The summed E-state index contributed by atoms with van der Waals surface area (Å²) in [5, 5.41) is 3.36. The van der Waals surface area contributed by atoms with Crippen LogP contribution in [0.15, 0.2) is 24.4 Å².